The summed E-state index contributed by atoms with van der Waals surface area (Å²) in [6.07, 6.45) is 0.998. The molecule has 102 valence electrons. The molecule has 1 fully saturated rings. The van der Waals surface area contributed by atoms with Crippen LogP contribution in [0.1, 0.15) is 4.94 Å². The van der Waals surface area contributed by atoms with Crippen LogP contribution < -0.4 is 0 Å². The van der Waals surface area contributed by atoms with Crippen LogP contribution in [0.5, 0.6) is 0 Å². The molecule has 3 rings (SSSR count). The van der Waals surface area contributed by atoms with Crippen molar-refractivity contribution in [3.8, 4) is 0 Å². The molecule has 0 spiro atoms. The molecule has 1 aliphatic heterocycles. The zero-order valence-corrected chi connectivity index (χ0v) is 12.1. The number of hydrogen-bond acceptors (Lipinski definition) is 6. The second-order valence-corrected chi connectivity index (χ2v) is 7.43. The number of aliphatic hydroxyl groups excluding tert-OH is 3. The fourth-order valence-corrected chi connectivity index (χ4v) is 5.18. The van der Waals surface area contributed by atoms with Crippen molar-refractivity contribution < 1.29 is 15.3 Å². The molecular formula is C10H11ClN4O3Se. The first kappa shape index (κ1) is 13.2. The minimum absolute atomic E-state index is 0.142. The maximum absolute atomic E-state index is 10.1. The molecular weight excluding hydrogens is 339 g/mol. The summed E-state index contributed by atoms with van der Waals surface area (Å²) in [5.41, 5.74) is 0.991. The van der Waals surface area contributed by atoms with E-state index in [1.807, 2.05) is 0 Å². The summed E-state index contributed by atoms with van der Waals surface area (Å²) in [5.74, 6) is 0. The Bertz CT molecular complexity index is 609. The molecule has 1 aliphatic rings. The van der Waals surface area contributed by atoms with Crippen molar-refractivity contribution in [1.29, 1.82) is 0 Å². The van der Waals surface area contributed by atoms with Gasteiger partial charge in [0.2, 0.25) is 0 Å². The molecule has 4 atom stereocenters. The van der Waals surface area contributed by atoms with E-state index in [4.69, 9.17) is 11.6 Å². The number of rotatable bonds is 2. The van der Waals surface area contributed by atoms with Gasteiger partial charge in [-0.2, -0.15) is 0 Å². The number of imidazole rings is 1. The number of halogens is 1. The third-order valence-electron chi connectivity index (χ3n) is 3.11. The zero-order chi connectivity index (χ0) is 13.6. The van der Waals surface area contributed by atoms with Crippen LogP contribution in [0.25, 0.3) is 11.2 Å². The molecule has 3 heterocycles. The molecule has 0 amide bonds. The standard InChI is InChI=1S/C10H11ClN4O3Se/c11-8-5-9(13-2-12-8)15(3-14-5)10-7(18)6(17)4(1-16)19-10/h2-4,6-7,10,16-18H,1H2/t4-,6-,7-,10-/m1/s1. The monoisotopic (exact) mass is 350 g/mol. The molecule has 0 aromatic carbocycles. The van der Waals surface area contributed by atoms with Crippen molar-refractivity contribution in [2.45, 2.75) is 22.0 Å². The van der Waals surface area contributed by atoms with E-state index in [2.05, 4.69) is 15.0 Å². The molecule has 0 bridgehead atoms. The predicted molar refractivity (Wildman–Crippen MR) is 68.0 cm³/mol. The Kier molecular flexibility index (Phi) is 3.46. The summed E-state index contributed by atoms with van der Waals surface area (Å²) in [6, 6.07) is 0. The van der Waals surface area contributed by atoms with Crippen LogP contribution in [0.15, 0.2) is 12.7 Å². The Labute approximate surface area is 119 Å². The minimum atomic E-state index is -0.941. The van der Waals surface area contributed by atoms with E-state index >= 15 is 0 Å². The van der Waals surface area contributed by atoms with Crippen molar-refractivity contribution in [1.82, 2.24) is 19.5 Å². The third kappa shape index (κ3) is 2.05. The maximum atomic E-state index is 10.1. The van der Waals surface area contributed by atoms with Crippen LogP contribution in [0.4, 0.5) is 0 Å². The summed E-state index contributed by atoms with van der Waals surface area (Å²) >= 11 is 5.76. The van der Waals surface area contributed by atoms with Crippen molar-refractivity contribution in [3.63, 3.8) is 0 Å². The van der Waals surface area contributed by atoms with Crippen LogP contribution in [-0.4, -0.2) is 68.6 Å². The first-order valence-electron chi connectivity index (χ1n) is 5.59. The van der Waals surface area contributed by atoms with E-state index in [0.717, 1.165) is 0 Å². The SMILES string of the molecule is OC[C@H]1[Se][C@@H](n2cnc3c(Cl)ncnc32)[C@H](O)[C@@H]1O. The number of fused-ring (bicyclic) bond motifs is 1. The summed E-state index contributed by atoms with van der Waals surface area (Å²) in [4.78, 5) is 11.5. The van der Waals surface area contributed by atoms with E-state index in [0.29, 0.717) is 11.2 Å². The summed E-state index contributed by atoms with van der Waals surface area (Å²) in [6.45, 7) is -0.142. The van der Waals surface area contributed by atoms with Gasteiger partial charge in [-0.25, -0.2) is 0 Å². The molecule has 9 heteroatoms. The van der Waals surface area contributed by atoms with Gasteiger partial charge in [0.1, 0.15) is 0 Å². The molecule has 19 heavy (non-hydrogen) atoms. The third-order valence-corrected chi connectivity index (χ3v) is 6.66. The van der Waals surface area contributed by atoms with Gasteiger partial charge < -0.3 is 0 Å². The first-order valence-corrected chi connectivity index (χ1v) is 7.94. The molecule has 0 unspecified atom stereocenters. The fourth-order valence-electron chi connectivity index (χ4n) is 2.12. The van der Waals surface area contributed by atoms with Gasteiger partial charge in [0.15, 0.2) is 0 Å². The molecule has 1 saturated heterocycles. The predicted octanol–water partition coefficient (Wildman–Crippen LogP) is -0.801. The number of nitrogens with zero attached hydrogens (tertiary/aromatic N) is 4. The van der Waals surface area contributed by atoms with Gasteiger partial charge in [-0.15, -0.1) is 0 Å². The van der Waals surface area contributed by atoms with Crippen molar-refractivity contribution in [2.75, 3.05) is 6.61 Å². The molecule has 0 radical (unpaired) electrons. The Morgan fingerprint density at radius 3 is 2.74 bits per heavy atom. The van der Waals surface area contributed by atoms with Gasteiger partial charge in [-0.1, -0.05) is 0 Å². The van der Waals surface area contributed by atoms with Crippen molar-refractivity contribution in [2.24, 2.45) is 0 Å². The van der Waals surface area contributed by atoms with E-state index < -0.39 is 12.2 Å². The van der Waals surface area contributed by atoms with Crippen molar-refractivity contribution in [3.05, 3.63) is 17.8 Å². The Morgan fingerprint density at radius 1 is 1.26 bits per heavy atom. The fraction of sp³-hybridized carbons (Fsp3) is 0.500. The Balaban J connectivity index is 2.04. The van der Waals surface area contributed by atoms with Crippen LogP contribution >= 0.6 is 11.6 Å². The average molecular weight is 350 g/mol. The van der Waals surface area contributed by atoms with Gasteiger partial charge in [-0.05, 0) is 0 Å². The van der Waals surface area contributed by atoms with E-state index in [1.165, 1.54) is 12.7 Å². The number of hydrogen-bond donors (Lipinski definition) is 3. The molecule has 0 saturated carbocycles. The Morgan fingerprint density at radius 2 is 2.05 bits per heavy atom. The van der Waals surface area contributed by atoms with E-state index in [9.17, 15) is 15.3 Å². The van der Waals surface area contributed by atoms with Gasteiger partial charge in [0, 0.05) is 0 Å². The summed E-state index contributed by atoms with van der Waals surface area (Å²) < 4.78 is 1.70. The van der Waals surface area contributed by atoms with Crippen LogP contribution in [0, 0.1) is 0 Å². The van der Waals surface area contributed by atoms with Crippen molar-refractivity contribution >= 4 is 37.7 Å². The second kappa shape index (κ2) is 4.97. The van der Waals surface area contributed by atoms with Gasteiger partial charge in [0.25, 0.3) is 0 Å². The molecule has 0 aliphatic carbocycles. The van der Waals surface area contributed by atoms with Gasteiger partial charge >= 0.3 is 119 Å². The van der Waals surface area contributed by atoms with E-state index in [-0.39, 0.29) is 36.5 Å². The van der Waals surface area contributed by atoms with Crippen LogP contribution in [0.2, 0.25) is 9.97 Å². The normalized spacial score (nSPS) is 31.2. The summed E-state index contributed by atoms with van der Waals surface area (Å²) in [5, 5.41) is 29.4. The van der Waals surface area contributed by atoms with Crippen LogP contribution in [-0.2, 0) is 0 Å². The summed E-state index contributed by atoms with van der Waals surface area (Å²) in [7, 11) is 0. The molecule has 2 aromatic heterocycles. The molecule has 7 nitrogen and oxygen atoms in total. The average Bonchev–Trinajstić information content (AvgIpc) is 2.94. The van der Waals surface area contributed by atoms with E-state index in [1.54, 1.807) is 4.57 Å². The Hall–Kier alpha value is -0.761. The molecule has 3 N–H and O–H groups in total. The topological polar surface area (TPSA) is 104 Å². The number of aliphatic hydroxyl groups is 3. The second-order valence-electron chi connectivity index (χ2n) is 4.22. The van der Waals surface area contributed by atoms with Gasteiger partial charge in [0.05, 0.1) is 0 Å². The quantitative estimate of drug-likeness (QED) is 0.484. The number of aromatic nitrogens is 4. The van der Waals surface area contributed by atoms with Gasteiger partial charge in [-0.3, -0.25) is 0 Å². The first-order chi connectivity index (χ1) is 9.13. The molecule has 2 aromatic rings. The van der Waals surface area contributed by atoms with Crippen LogP contribution in [0.3, 0.4) is 0 Å². The zero-order valence-electron chi connectivity index (χ0n) is 9.59.